The van der Waals surface area contributed by atoms with Crippen LogP contribution in [0.15, 0.2) is 0 Å². The molecule has 2 rings (SSSR count). The summed E-state index contributed by atoms with van der Waals surface area (Å²) in [7, 11) is 4.18. The molecule has 2 fully saturated rings. The van der Waals surface area contributed by atoms with Crippen molar-refractivity contribution in [1.29, 1.82) is 0 Å². The number of carbonyl (C=O) groups excluding carboxylic acids is 1. The maximum atomic E-state index is 12.2. The van der Waals surface area contributed by atoms with Crippen LogP contribution < -0.4 is 5.32 Å². The van der Waals surface area contributed by atoms with Crippen LogP contribution in [0.2, 0.25) is 0 Å². The Morgan fingerprint density at radius 1 is 1.44 bits per heavy atom. The van der Waals surface area contributed by atoms with E-state index < -0.39 is 0 Å². The Labute approximate surface area is 109 Å². The molecule has 0 aliphatic carbocycles. The Kier molecular flexibility index (Phi) is 4.59. The van der Waals surface area contributed by atoms with Crippen LogP contribution in [0.3, 0.4) is 0 Å². The lowest BCUT2D eigenvalue weighted by Crippen LogP contribution is -2.45. The van der Waals surface area contributed by atoms with Gasteiger partial charge in [0.15, 0.2) is 0 Å². The highest BCUT2D eigenvalue weighted by molar-refractivity contribution is 5.77. The molecule has 3 unspecified atom stereocenters. The minimum Gasteiger partial charge on any atom is -0.378 e. The predicted molar refractivity (Wildman–Crippen MR) is 70.4 cm³/mol. The average Bonchev–Trinajstić information content (AvgIpc) is 2.73. The maximum Gasteiger partial charge on any atom is 0.224 e. The maximum absolute atomic E-state index is 12.2. The number of hydrogen-bond donors (Lipinski definition) is 1. The summed E-state index contributed by atoms with van der Waals surface area (Å²) >= 11 is 0. The molecule has 3 atom stereocenters. The van der Waals surface area contributed by atoms with E-state index in [9.17, 15) is 4.79 Å². The van der Waals surface area contributed by atoms with Gasteiger partial charge in [0.25, 0.3) is 0 Å². The number of nitrogens with one attached hydrogen (secondary N) is 1. The lowest BCUT2D eigenvalue weighted by Gasteiger charge is -2.26. The second-order valence-corrected chi connectivity index (χ2v) is 5.74. The molecule has 5 nitrogen and oxygen atoms in total. The molecular formula is C13H25N3O2. The Morgan fingerprint density at radius 3 is 2.78 bits per heavy atom. The third-order valence-corrected chi connectivity index (χ3v) is 4.01. The Balaban J connectivity index is 1.82. The molecule has 2 heterocycles. The molecule has 0 spiro atoms. The van der Waals surface area contributed by atoms with E-state index in [4.69, 9.17) is 4.74 Å². The molecule has 2 aliphatic heterocycles. The molecule has 104 valence electrons. The SMILES string of the molecule is CC1CN(C(=O)CC2COCCN2)CC1N(C)C. The van der Waals surface area contributed by atoms with Gasteiger partial charge in [0.2, 0.25) is 5.91 Å². The highest BCUT2D eigenvalue weighted by Gasteiger charge is 2.34. The van der Waals surface area contributed by atoms with Gasteiger partial charge in [0, 0.05) is 38.1 Å². The Hall–Kier alpha value is -0.650. The molecule has 1 amide bonds. The summed E-state index contributed by atoms with van der Waals surface area (Å²) in [6.07, 6.45) is 0.562. The number of carbonyl (C=O) groups is 1. The largest absolute Gasteiger partial charge is 0.378 e. The molecule has 18 heavy (non-hydrogen) atoms. The zero-order valence-electron chi connectivity index (χ0n) is 11.7. The van der Waals surface area contributed by atoms with E-state index in [1.54, 1.807) is 0 Å². The molecular weight excluding hydrogens is 230 g/mol. The van der Waals surface area contributed by atoms with Gasteiger partial charge in [-0.25, -0.2) is 0 Å². The van der Waals surface area contributed by atoms with Gasteiger partial charge in [-0.3, -0.25) is 4.79 Å². The molecule has 0 bridgehead atoms. The molecule has 0 saturated carbocycles. The van der Waals surface area contributed by atoms with Crippen LogP contribution in [0.5, 0.6) is 0 Å². The number of amides is 1. The quantitative estimate of drug-likeness (QED) is 0.757. The van der Waals surface area contributed by atoms with Gasteiger partial charge in [-0.15, -0.1) is 0 Å². The number of morpholine rings is 1. The van der Waals surface area contributed by atoms with Crippen LogP contribution in [0, 0.1) is 5.92 Å². The number of ether oxygens (including phenoxy) is 1. The van der Waals surface area contributed by atoms with Crippen molar-refractivity contribution in [2.75, 3.05) is 46.9 Å². The van der Waals surface area contributed by atoms with Crippen molar-refractivity contribution in [2.24, 2.45) is 5.92 Å². The second kappa shape index (κ2) is 5.99. The Bertz CT molecular complexity index is 290. The van der Waals surface area contributed by atoms with E-state index in [0.29, 0.717) is 25.0 Å². The number of nitrogens with zero attached hydrogens (tertiary/aromatic N) is 2. The number of likely N-dealkylation sites (tertiary alicyclic amines) is 1. The smallest absolute Gasteiger partial charge is 0.224 e. The molecule has 1 N–H and O–H groups in total. The van der Waals surface area contributed by atoms with Gasteiger partial charge in [0.05, 0.1) is 13.2 Å². The van der Waals surface area contributed by atoms with E-state index in [0.717, 1.165) is 26.2 Å². The molecule has 0 aromatic rings. The predicted octanol–water partition coefficient (Wildman–Crippen LogP) is -0.227. The lowest BCUT2D eigenvalue weighted by molar-refractivity contribution is -0.131. The van der Waals surface area contributed by atoms with Gasteiger partial charge >= 0.3 is 0 Å². The summed E-state index contributed by atoms with van der Waals surface area (Å²) in [6, 6.07) is 0.685. The van der Waals surface area contributed by atoms with Gasteiger partial charge in [0.1, 0.15) is 0 Å². The van der Waals surface area contributed by atoms with Crippen LogP contribution >= 0.6 is 0 Å². The van der Waals surface area contributed by atoms with Crippen molar-refractivity contribution in [3.63, 3.8) is 0 Å². The first kappa shape index (κ1) is 13.8. The van der Waals surface area contributed by atoms with Crippen molar-refractivity contribution >= 4 is 5.91 Å². The van der Waals surface area contributed by atoms with E-state index in [1.807, 2.05) is 4.90 Å². The van der Waals surface area contributed by atoms with E-state index in [-0.39, 0.29) is 11.9 Å². The third kappa shape index (κ3) is 3.22. The zero-order valence-corrected chi connectivity index (χ0v) is 11.7. The average molecular weight is 255 g/mol. The van der Waals surface area contributed by atoms with Crippen LogP contribution in [0.4, 0.5) is 0 Å². The topological polar surface area (TPSA) is 44.8 Å². The molecule has 2 aliphatic rings. The van der Waals surface area contributed by atoms with Crippen molar-refractivity contribution in [1.82, 2.24) is 15.1 Å². The van der Waals surface area contributed by atoms with Crippen LogP contribution in [-0.4, -0.2) is 74.7 Å². The number of likely N-dealkylation sites (N-methyl/N-ethyl adjacent to an activating group) is 1. The van der Waals surface area contributed by atoms with Crippen LogP contribution in [0.25, 0.3) is 0 Å². The minimum absolute atomic E-state index is 0.194. The molecule has 0 aromatic heterocycles. The Morgan fingerprint density at radius 2 is 2.22 bits per heavy atom. The first-order valence-corrected chi connectivity index (χ1v) is 6.83. The normalized spacial score (nSPS) is 33.1. The van der Waals surface area contributed by atoms with Crippen molar-refractivity contribution in [3.8, 4) is 0 Å². The minimum atomic E-state index is 0.194. The van der Waals surface area contributed by atoms with Crippen molar-refractivity contribution < 1.29 is 9.53 Å². The van der Waals surface area contributed by atoms with Crippen LogP contribution in [0.1, 0.15) is 13.3 Å². The third-order valence-electron chi connectivity index (χ3n) is 4.01. The highest BCUT2D eigenvalue weighted by atomic mass is 16.5. The summed E-state index contributed by atoms with van der Waals surface area (Å²) in [5, 5.41) is 3.34. The van der Waals surface area contributed by atoms with E-state index >= 15 is 0 Å². The molecule has 0 aromatic carbocycles. The summed E-state index contributed by atoms with van der Waals surface area (Å²) in [6.45, 7) is 6.24. The molecule has 0 radical (unpaired) electrons. The van der Waals surface area contributed by atoms with Gasteiger partial charge in [-0.1, -0.05) is 6.92 Å². The van der Waals surface area contributed by atoms with Gasteiger partial charge in [-0.05, 0) is 20.0 Å². The van der Waals surface area contributed by atoms with Crippen LogP contribution in [-0.2, 0) is 9.53 Å². The number of hydrogen-bond acceptors (Lipinski definition) is 4. The van der Waals surface area contributed by atoms with E-state index in [1.165, 1.54) is 0 Å². The fraction of sp³-hybridized carbons (Fsp3) is 0.923. The first-order chi connectivity index (χ1) is 8.58. The first-order valence-electron chi connectivity index (χ1n) is 6.83. The van der Waals surface area contributed by atoms with Crippen molar-refractivity contribution in [2.45, 2.75) is 25.4 Å². The molecule has 2 saturated heterocycles. The summed E-state index contributed by atoms with van der Waals surface area (Å²) in [5.41, 5.74) is 0. The lowest BCUT2D eigenvalue weighted by atomic mass is 10.1. The highest BCUT2D eigenvalue weighted by Crippen LogP contribution is 2.21. The van der Waals surface area contributed by atoms with Crippen molar-refractivity contribution in [3.05, 3.63) is 0 Å². The van der Waals surface area contributed by atoms with Gasteiger partial charge in [-0.2, -0.15) is 0 Å². The summed E-state index contributed by atoms with van der Waals surface area (Å²) in [5.74, 6) is 0.814. The van der Waals surface area contributed by atoms with E-state index in [2.05, 4.69) is 31.2 Å². The second-order valence-electron chi connectivity index (χ2n) is 5.74. The standard InChI is InChI=1S/C13H25N3O2/c1-10-7-16(8-12(10)15(2)3)13(17)6-11-9-18-5-4-14-11/h10-12,14H,4-9H2,1-3H3. The molecule has 5 heteroatoms. The summed E-state index contributed by atoms with van der Waals surface area (Å²) < 4.78 is 5.38. The van der Waals surface area contributed by atoms with Gasteiger partial charge < -0.3 is 19.9 Å². The monoisotopic (exact) mass is 255 g/mol. The fourth-order valence-corrected chi connectivity index (χ4v) is 2.92. The fourth-order valence-electron chi connectivity index (χ4n) is 2.92. The summed E-state index contributed by atoms with van der Waals surface area (Å²) in [4.78, 5) is 16.5. The zero-order chi connectivity index (χ0) is 13.1. The number of rotatable bonds is 3.